The average Bonchev–Trinajstić information content (AvgIpc) is 2.75. The van der Waals surface area contributed by atoms with Crippen molar-refractivity contribution >= 4 is 0 Å². The standard InChI is InChI=1S/C12H14N2O2/c1-9-13-7-8-14(9)11-5-3-10(4-6-11)12(15)16-2/h3-8,12,15H,1-2H3. The Balaban J connectivity index is 2.30. The minimum atomic E-state index is -0.863. The van der Waals surface area contributed by atoms with E-state index in [9.17, 15) is 5.11 Å². The van der Waals surface area contributed by atoms with Gasteiger partial charge in [0.2, 0.25) is 0 Å². The fraction of sp³-hybridized carbons (Fsp3) is 0.250. The predicted octanol–water partition coefficient (Wildman–Crippen LogP) is 1.82. The SMILES string of the molecule is COC(O)c1ccc(-n2ccnc2C)cc1. The molecule has 2 rings (SSSR count). The first-order chi connectivity index (χ1) is 7.72. The first-order valence-corrected chi connectivity index (χ1v) is 5.03. The second kappa shape index (κ2) is 4.47. The van der Waals surface area contributed by atoms with Gasteiger partial charge in [0.05, 0.1) is 0 Å². The van der Waals surface area contributed by atoms with E-state index in [-0.39, 0.29) is 0 Å². The van der Waals surface area contributed by atoms with Crippen LogP contribution in [-0.4, -0.2) is 21.8 Å². The smallest absolute Gasteiger partial charge is 0.180 e. The Bertz CT molecular complexity index is 462. The molecule has 0 bridgehead atoms. The van der Waals surface area contributed by atoms with Gasteiger partial charge in [0.1, 0.15) is 5.82 Å². The number of aromatic nitrogens is 2. The molecule has 0 saturated heterocycles. The largest absolute Gasteiger partial charge is 0.364 e. The lowest BCUT2D eigenvalue weighted by atomic mass is 10.2. The van der Waals surface area contributed by atoms with Gasteiger partial charge in [-0.15, -0.1) is 0 Å². The zero-order chi connectivity index (χ0) is 11.5. The van der Waals surface area contributed by atoms with Crippen molar-refractivity contribution < 1.29 is 9.84 Å². The van der Waals surface area contributed by atoms with E-state index in [1.807, 2.05) is 42.0 Å². The summed E-state index contributed by atoms with van der Waals surface area (Å²) >= 11 is 0. The molecule has 1 heterocycles. The van der Waals surface area contributed by atoms with Crippen LogP contribution in [0.25, 0.3) is 5.69 Å². The number of aliphatic hydroxyl groups excluding tert-OH is 1. The first kappa shape index (κ1) is 10.9. The van der Waals surface area contributed by atoms with Crippen LogP contribution in [-0.2, 0) is 4.74 Å². The van der Waals surface area contributed by atoms with Crippen LogP contribution in [0.2, 0.25) is 0 Å². The average molecular weight is 218 g/mol. The molecule has 1 aromatic heterocycles. The lowest BCUT2D eigenvalue weighted by Crippen LogP contribution is -2.00. The number of aliphatic hydroxyl groups is 1. The predicted molar refractivity (Wildman–Crippen MR) is 60.3 cm³/mol. The molecular formula is C12H14N2O2. The fourth-order valence-electron chi connectivity index (χ4n) is 1.59. The van der Waals surface area contributed by atoms with Crippen LogP contribution in [0.1, 0.15) is 17.7 Å². The Morgan fingerprint density at radius 2 is 2.00 bits per heavy atom. The van der Waals surface area contributed by atoms with Crippen LogP contribution in [0.3, 0.4) is 0 Å². The van der Waals surface area contributed by atoms with Gasteiger partial charge in [-0.3, -0.25) is 0 Å². The van der Waals surface area contributed by atoms with Gasteiger partial charge in [0.15, 0.2) is 6.29 Å². The molecule has 1 N–H and O–H groups in total. The van der Waals surface area contributed by atoms with Crippen LogP contribution in [0.4, 0.5) is 0 Å². The van der Waals surface area contributed by atoms with E-state index in [0.717, 1.165) is 17.1 Å². The summed E-state index contributed by atoms with van der Waals surface area (Å²) in [4.78, 5) is 4.16. The molecule has 16 heavy (non-hydrogen) atoms. The van der Waals surface area contributed by atoms with Gasteiger partial charge in [-0.25, -0.2) is 4.98 Å². The zero-order valence-electron chi connectivity index (χ0n) is 9.29. The van der Waals surface area contributed by atoms with Crippen LogP contribution in [0.15, 0.2) is 36.7 Å². The molecular weight excluding hydrogens is 204 g/mol. The number of aryl methyl sites for hydroxylation is 1. The van der Waals surface area contributed by atoms with Gasteiger partial charge in [-0.2, -0.15) is 0 Å². The molecule has 2 aromatic rings. The normalized spacial score (nSPS) is 12.7. The minimum Gasteiger partial charge on any atom is -0.364 e. The molecule has 0 spiro atoms. The Morgan fingerprint density at radius 3 is 2.50 bits per heavy atom. The molecule has 0 saturated carbocycles. The van der Waals surface area contributed by atoms with Gasteiger partial charge in [0.25, 0.3) is 0 Å². The third-order valence-electron chi connectivity index (χ3n) is 2.51. The Hall–Kier alpha value is -1.65. The van der Waals surface area contributed by atoms with E-state index in [0.29, 0.717) is 0 Å². The summed E-state index contributed by atoms with van der Waals surface area (Å²) in [5, 5.41) is 9.46. The van der Waals surface area contributed by atoms with Crippen molar-refractivity contribution in [1.82, 2.24) is 9.55 Å². The van der Waals surface area contributed by atoms with Crippen molar-refractivity contribution in [2.75, 3.05) is 7.11 Å². The molecule has 0 aliphatic carbocycles. The molecule has 0 radical (unpaired) electrons. The van der Waals surface area contributed by atoms with Crippen molar-refractivity contribution in [2.24, 2.45) is 0 Å². The van der Waals surface area contributed by atoms with Crippen LogP contribution >= 0.6 is 0 Å². The highest BCUT2D eigenvalue weighted by atomic mass is 16.6. The lowest BCUT2D eigenvalue weighted by molar-refractivity contribution is -0.0769. The number of hydrogen-bond donors (Lipinski definition) is 1. The molecule has 1 atom stereocenters. The highest BCUT2D eigenvalue weighted by molar-refractivity contribution is 5.36. The Morgan fingerprint density at radius 1 is 1.31 bits per heavy atom. The van der Waals surface area contributed by atoms with E-state index in [1.165, 1.54) is 7.11 Å². The highest BCUT2D eigenvalue weighted by Crippen LogP contribution is 2.16. The molecule has 0 amide bonds. The summed E-state index contributed by atoms with van der Waals surface area (Å²) in [6.45, 7) is 1.94. The second-order valence-corrected chi connectivity index (χ2v) is 3.52. The summed E-state index contributed by atoms with van der Waals surface area (Å²) in [6.07, 6.45) is 2.79. The topological polar surface area (TPSA) is 47.3 Å². The quantitative estimate of drug-likeness (QED) is 0.799. The van der Waals surface area contributed by atoms with Gasteiger partial charge in [-0.05, 0) is 19.1 Å². The highest BCUT2D eigenvalue weighted by Gasteiger charge is 2.06. The first-order valence-electron chi connectivity index (χ1n) is 5.03. The summed E-state index contributed by atoms with van der Waals surface area (Å²) in [7, 11) is 1.47. The summed E-state index contributed by atoms with van der Waals surface area (Å²) in [5.74, 6) is 0.931. The van der Waals surface area contributed by atoms with E-state index < -0.39 is 6.29 Å². The van der Waals surface area contributed by atoms with Gasteiger partial charge >= 0.3 is 0 Å². The zero-order valence-corrected chi connectivity index (χ0v) is 9.29. The molecule has 84 valence electrons. The molecule has 1 aromatic carbocycles. The number of hydrogen-bond acceptors (Lipinski definition) is 3. The number of rotatable bonds is 3. The molecule has 4 nitrogen and oxygen atoms in total. The third-order valence-corrected chi connectivity index (χ3v) is 2.51. The molecule has 0 fully saturated rings. The number of ether oxygens (including phenoxy) is 1. The van der Waals surface area contributed by atoms with Crippen LogP contribution in [0, 0.1) is 6.92 Å². The number of imidazole rings is 1. The molecule has 4 heteroatoms. The molecule has 0 aliphatic rings. The summed E-state index contributed by atoms with van der Waals surface area (Å²) in [6, 6.07) is 7.52. The van der Waals surface area contributed by atoms with Gasteiger partial charge < -0.3 is 14.4 Å². The number of nitrogens with zero attached hydrogens (tertiary/aromatic N) is 2. The van der Waals surface area contributed by atoms with Crippen molar-refractivity contribution in [3.8, 4) is 5.69 Å². The van der Waals surface area contributed by atoms with E-state index in [1.54, 1.807) is 6.20 Å². The van der Waals surface area contributed by atoms with E-state index in [4.69, 9.17) is 4.74 Å². The van der Waals surface area contributed by atoms with Crippen LogP contribution < -0.4 is 0 Å². The maximum atomic E-state index is 9.46. The van der Waals surface area contributed by atoms with Gasteiger partial charge in [0, 0.05) is 30.8 Å². The minimum absolute atomic E-state index is 0.740. The third kappa shape index (κ3) is 1.98. The number of methoxy groups -OCH3 is 1. The maximum Gasteiger partial charge on any atom is 0.180 e. The Kier molecular flexibility index (Phi) is 3.03. The lowest BCUT2D eigenvalue weighted by Gasteiger charge is -2.10. The van der Waals surface area contributed by atoms with E-state index >= 15 is 0 Å². The van der Waals surface area contributed by atoms with Gasteiger partial charge in [-0.1, -0.05) is 12.1 Å². The fourth-order valence-corrected chi connectivity index (χ4v) is 1.59. The number of benzene rings is 1. The van der Waals surface area contributed by atoms with Crippen molar-refractivity contribution in [1.29, 1.82) is 0 Å². The Labute approximate surface area is 94.1 Å². The molecule has 1 unspecified atom stereocenters. The van der Waals surface area contributed by atoms with Crippen molar-refractivity contribution in [3.63, 3.8) is 0 Å². The van der Waals surface area contributed by atoms with Crippen molar-refractivity contribution in [2.45, 2.75) is 13.2 Å². The maximum absolute atomic E-state index is 9.46. The summed E-state index contributed by atoms with van der Waals surface area (Å²) in [5.41, 5.74) is 1.76. The van der Waals surface area contributed by atoms with Crippen molar-refractivity contribution in [3.05, 3.63) is 48.0 Å². The monoisotopic (exact) mass is 218 g/mol. The molecule has 0 aliphatic heterocycles. The van der Waals surface area contributed by atoms with Crippen LogP contribution in [0.5, 0.6) is 0 Å². The summed E-state index contributed by atoms with van der Waals surface area (Å²) < 4.78 is 6.80. The van der Waals surface area contributed by atoms with E-state index in [2.05, 4.69) is 4.98 Å². The second-order valence-electron chi connectivity index (χ2n) is 3.52.